The molecular formula is C24H21ClN2O6. The molecule has 9 heteroatoms. The second-order valence-corrected chi connectivity index (χ2v) is 7.02. The molecule has 0 unspecified atom stereocenters. The largest absolute Gasteiger partial charge is 0.493 e. The lowest BCUT2D eigenvalue weighted by Crippen LogP contribution is -2.17. The lowest BCUT2D eigenvalue weighted by atomic mass is 10.1. The minimum Gasteiger partial charge on any atom is -0.493 e. The summed E-state index contributed by atoms with van der Waals surface area (Å²) in [5, 5.41) is 4.47. The number of hydrogen-bond donors (Lipinski definition) is 1. The lowest BCUT2D eigenvalue weighted by Gasteiger charge is -2.13. The van der Waals surface area contributed by atoms with Gasteiger partial charge in [0, 0.05) is 10.6 Å². The molecule has 0 aromatic heterocycles. The van der Waals surface area contributed by atoms with Gasteiger partial charge < -0.3 is 18.9 Å². The third-order valence-corrected chi connectivity index (χ3v) is 4.71. The first kappa shape index (κ1) is 23.6. The van der Waals surface area contributed by atoms with Gasteiger partial charge in [0.15, 0.2) is 11.5 Å². The van der Waals surface area contributed by atoms with Gasteiger partial charge in [-0.1, -0.05) is 23.7 Å². The average molecular weight is 469 g/mol. The van der Waals surface area contributed by atoms with E-state index >= 15 is 0 Å². The number of hydrogen-bond acceptors (Lipinski definition) is 7. The van der Waals surface area contributed by atoms with Gasteiger partial charge in [0.05, 0.1) is 33.1 Å². The maximum absolute atomic E-state index is 12.7. The number of ether oxygens (including phenoxy) is 4. The summed E-state index contributed by atoms with van der Waals surface area (Å²) in [6.07, 6.45) is 1.44. The fraction of sp³-hybridized carbons (Fsp3) is 0.125. The molecule has 33 heavy (non-hydrogen) atoms. The fourth-order valence-electron chi connectivity index (χ4n) is 2.85. The third-order valence-electron chi connectivity index (χ3n) is 4.46. The molecule has 0 fully saturated rings. The molecule has 0 heterocycles. The van der Waals surface area contributed by atoms with Gasteiger partial charge in [0.2, 0.25) is 5.75 Å². The highest BCUT2D eigenvalue weighted by molar-refractivity contribution is 6.30. The van der Waals surface area contributed by atoms with Crippen molar-refractivity contribution in [2.24, 2.45) is 5.10 Å². The van der Waals surface area contributed by atoms with Crippen LogP contribution in [0, 0.1) is 0 Å². The van der Waals surface area contributed by atoms with Crippen LogP contribution in [0.2, 0.25) is 5.02 Å². The zero-order valence-corrected chi connectivity index (χ0v) is 18.9. The molecule has 3 aromatic carbocycles. The number of esters is 1. The summed E-state index contributed by atoms with van der Waals surface area (Å²) in [5.41, 5.74) is 3.68. The van der Waals surface area contributed by atoms with E-state index in [1.54, 1.807) is 48.5 Å². The number of carbonyl (C=O) groups is 2. The zero-order chi connectivity index (χ0) is 23.8. The summed E-state index contributed by atoms with van der Waals surface area (Å²) in [5.74, 6) is 0.339. The van der Waals surface area contributed by atoms with Crippen LogP contribution in [-0.4, -0.2) is 39.4 Å². The van der Waals surface area contributed by atoms with Gasteiger partial charge in [-0.15, -0.1) is 0 Å². The first-order valence-corrected chi connectivity index (χ1v) is 10.0. The smallest absolute Gasteiger partial charge is 0.343 e. The Hall–Kier alpha value is -4.04. The van der Waals surface area contributed by atoms with Crippen LogP contribution in [-0.2, 0) is 0 Å². The second kappa shape index (κ2) is 11.0. The Balaban J connectivity index is 1.69. The van der Waals surface area contributed by atoms with Gasteiger partial charge >= 0.3 is 5.97 Å². The van der Waals surface area contributed by atoms with Gasteiger partial charge in [0.1, 0.15) is 5.75 Å². The van der Waals surface area contributed by atoms with Crippen molar-refractivity contribution in [3.63, 3.8) is 0 Å². The summed E-state index contributed by atoms with van der Waals surface area (Å²) >= 11 is 5.82. The van der Waals surface area contributed by atoms with Crippen molar-refractivity contribution in [2.45, 2.75) is 0 Å². The lowest BCUT2D eigenvalue weighted by molar-refractivity contribution is 0.0733. The Morgan fingerprint density at radius 1 is 0.879 bits per heavy atom. The van der Waals surface area contributed by atoms with E-state index in [1.165, 1.54) is 39.7 Å². The first-order chi connectivity index (χ1) is 15.9. The van der Waals surface area contributed by atoms with E-state index in [2.05, 4.69) is 10.5 Å². The van der Waals surface area contributed by atoms with Crippen LogP contribution in [0.3, 0.4) is 0 Å². The molecule has 1 N–H and O–H groups in total. The predicted molar refractivity (Wildman–Crippen MR) is 124 cm³/mol. The molecule has 170 valence electrons. The van der Waals surface area contributed by atoms with Crippen molar-refractivity contribution in [3.05, 3.63) is 82.4 Å². The van der Waals surface area contributed by atoms with Gasteiger partial charge in [-0.2, -0.15) is 5.10 Å². The van der Waals surface area contributed by atoms with Crippen LogP contribution in [0.25, 0.3) is 0 Å². The van der Waals surface area contributed by atoms with Gasteiger partial charge in [-0.25, -0.2) is 10.2 Å². The van der Waals surface area contributed by atoms with E-state index < -0.39 is 5.97 Å². The molecule has 0 saturated carbocycles. The molecule has 0 bridgehead atoms. The standard InChI is InChI=1S/C24H21ClN2O6/c1-30-20-12-17(13-21(31-2)22(20)32-3)24(29)33-19-6-4-5-15(11-19)14-26-27-23(28)16-7-9-18(25)10-8-16/h4-14H,1-3H3,(H,27,28). The Labute approximate surface area is 195 Å². The van der Waals surface area contributed by atoms with Crippen molar-refractivity contribution in [1.82, 2.24) is 5.43 Å². The monoisotopic (exact) mass is 468 g/mol. The van der Waals surface area contributed by atoms with E-state index in [4.69, 9.17) is 30.5 Å². The van der Waals surface area contributed by atoms with Crippen LogP contribution >= 0.6 is 11.6 Å². The quantitative estimate of drug-likeness (QED) is 0.228. The van der Waals surface area contributed by atoms with Crippen LogP contribution in [0.1, 0.15) is 26.3 Å². The Morgan fingerprint density at radius 2 is 1.55 bits per heavy atom. The van der Waals surface area contributed by atoms with Crippen molar-refractivity contribution in [1.29, 1.82) is 0 Å². The summed E-state index contributed by atoms with van der Waals surface area (Å²) in [7, 11) is 4.39. The number of rotatable bonds is 8. The molecule has 0 radical (unpaired) electrons. The van der Waals surface area contributed by atoms with Crippen molar-refractivity contribution in [2.75, 3.05) is 21.3 Å². The number of hydrazone groups is 1. The van der Waals surface area contributed by atoms with E-state index in [9.17, 15) is 9.59 Å². The number of halogens is 1. The summed E-state index contributed by atoms with van der Waals surface area (Å²) < 4.78 is 21.3. The molecule has 0 aliphatic heterocycles. The molecule has 1 amide bonds. The van der Waals surface area contributed by atoms with Crippen molar-refractivity contribution in [3.8, 4) is 23.0 Å². The molecule has 0 aliphatic carbocycles. The average Bonchev–Trinajstić information content (AvgIpc) is 2.83. The Morgan fingerprint density at radius 3 is 2.15 bits per heavy atom. The minimum atomic E-state index is -0.612. The molecule has 3 aromatic rings. The molecule has 3 rings (SSSR count). The Kier molecular flexibility index (Phi) is 7.88. The van der Waals surface area contributed by atoms with E-state index in [1.807, 2.05) is 0 Å². The number of amides is 1. The Bertz CT molecular complexity index is 1150. The normalized spacial score (nSPS) is 10.5. The maximum Gasteiger partial charge on any atom is 0.343 e. The van der Waals surface area contributed by atoms with Crippen molar-refractivity contribution < 1.29 is 28.5 Å². The molecule has 0 saturated heterocycles. The van der Waals surface area contributed by atoms with Crippen LogP contribution in [0.4, 0.5) is 0 Å². The van der Waals surface area contributed by atoms with Gasteiger partial charge in [-0.3, -0.25) is 4.79 Å². The summed E-state index contributed by atoms with van der Waals surface area (Å²) in [4.78, 5) is 24.8. The topological polar surface area (TPSA) is 95.5 Å². The number of methoxy groups -OCH3 is 3. The molecule has 0 atom stereocenters. The molecule has 0 aliphatic rings. The van der Waals surface area contributed by atoms with Crippen LogP contribution < -0.4 is 24.4 Å². The second-order valence-electron chi connectivity index (χ2n) is 6.58. The van der Waals surface area contributed by atoms with E-state index in [-0.39, 0.29) is 11.5 Å². The summed E-state index contributed by atoms with van der Waals surface area (Å²) in [6, 6.07) is 16.1. The highest BCUT2D eigenvalue weighted by Crippen LogP contribution is 2.38. The number of carbonyl (C=O) groups excluding carboxylic acids is 2. The van der Waals surface area contributed by atoms with Crippen LogP contribution in [0.5, 0.6) is 23.0 Å². The van der Waals surface area contributed by atoms with Gasteiger partial charge in [0.25, 0.3) is 5.91 Å². The highest BCUT2D eigenvalue weighted by atomic mass is 35.5. The van der Waals surface area contributed by atoms with Crippen LogP contribution in [0.15, 0.2) is 65.8 Å². The van der Waals surface area contributed by atoms with Gasteiger partial charge in [-0.05, 0) is 54.1 Å². The fourth-order valence-corrected chi connectivity index (χ4v) is 2.98. The molecule has 8 nitrogen and oxygen atoms in total. The van der Waals surface area contributed by atoms with E-state index in [0.717, 1.165) is 0 Å². The maximum atomic E-state index is 12.7. The summed E-state index contributed by atoms with van der Waals surface area (Å²) in [6.45, 7) is 0. The SMILES string of the molecule is COc1cc(C(=O)Oc2cccc(C=NNC(=O)c3ccc(Cl)cc3)c2)cc(OC)c1OC. The predicted octanol–water partition coefficient (Wildman–Crippen LogP) is 4.35. The first-order valence-electron chi connectivity index (χ1n) is 9.66. The molecule has 0 spiro atoms. The highest BCUT2D eigenvalue weighted by Gasteiger charge is 2.18. The van der Waals surface area contributed by atoms with E-state index in [0.29, 0.717) is 39.1 Å². The molecular weight excluding hydrogens is 448 g/mol. The third kappa shape index (κ3) is 6.02. The number of benzene rings is 3. The van der Waals surface area contributed by atoms with Crippen molar-refractivity contribution >= 4 is 29.7 Å². The number of nitrogens with one attached hydrogen (secondary N) is 1. The minimum absolute atomic E-state index is 0.221. The zero-order valence-electron chi connectivity index (χ0n) is 18.1. The number of nitrogens with zero attached hydrogens (tertiary/aromatic N) is 1.